The maximum atomic E-state index is 7.90. The van der Waals surface area contributed by atoms with E-state index in [0.29, 0.717) is 48.8 Å². The van der Waals surface area contributed by atoms with Gasteiger partial charge in [-0.1, -0.05) is 12.8 Å². The van der Waals surface area contributed by atoms with Crippen molar-refractivity contribution in [2.75, 3.05) is 6.61 Å². The van der Waals surface area contributed by atoms with E-state index >= 15 is 0 Å². The SMILES string of the molecule is C[Si]1(CCC2CCC3OC3C2)CCCCO[Si](C)(CCC2CCC3OC3C2)O[Si](C)(CCC2CCC3OC3C2)O[Si](C)(CCC2CCC3OC3C2)O1. The summed E-state index contributed by atoms with van der Waals surface area (Å²) in [5.41, 5.74) is 0. The number of hydrogen-bond donors (Lipinski definition) is 0. The van der Waals surface area contributed by atoms with Gasteiger partial charge in [0.25, 0.3) is 0 Å². The fourth-order valence-electron chi connectivity index (χ4n) is 11.9. The third-order valence-electron chi connectivity index (χ3n) is 15.4. The van der Waals surface area contributed by atoms with Crippen LogP contribution in [0, 0.1) is 23.7 Å². The Bertz CT molecular complexity index is 1160. The highest BCUT2D eigenvalue weighted by Gasteiger charge is 2.54. The van der Waals surface area contributed by atoms with Crippen LogP contribution >= 0.6 is 0 Å². The zero-order chi connectivity index (χ0) is 35.6. The van der Waals surface area contributed by atoms with Crippen LogP contribution < -0.4 is 0 Å². The van der Waals surface area contributed by atoms with Crippen LogP contribution in [-0.4, -0.2) is 89.4 Å². The van der Waals surface area contributed by atoms with Crippen LogP contribution in [0.2, 0.25) is 56.4 Å². The molecule has 9 rings (SSSR count). The van der Waals surface area contributed by atoms with Crippen molar-refractivity contribution in [3.63, 3.8) is 0 Å². The van der Waals surface area contributed by atoms with Gasteiger partial charge in [-0.3, -0.25) is 0 Å². The Morgan fingerprint density at radius 1 is 0.404 bits per heavy atom. The number of hydrogen-bond acceptors (Lipinski definition) is 8. The zero-order valence-corrected chi connectivity index (χ0v) is 37.2. The molecule has 5 heterocycles. The highest BCUT2D eigenvalue weighted by molar-refractivity contribution is 6.89. The molecular weight excluding hydrogens is 721 g/mol. The van der Waals surface area contributed by atoms with Crippen molar-refractivity contribution in [2.45, 2.75) is 221 Å². The molecule has 0 radical (unpaired) electrons. The monoisotopic (exact) mass is 792 g/mol. The van der Waals surface area contributed by atoms with Crippen molar-refractivity contribution in [1.29, 1.82) is 0 Å². The topological polar surface area (TPSA) is 87.0 Å². The molecule has 52 heavy (non-hydrogen) atoms. The first-order valence-corrected chi connectivity index (χ1v) is 32.8. The lowest BCUT2D eigenvalue weighted by molar-refractivity contribution is 0.202. The third-order valence-corrected chi connectivity index (χ3v) is 33.2. The molecule has 9 fully saturated rings. The van der Waals surface area contributed by atoms with Gasteiger partial charge in [0.15, 0.2) is 8.32 Å². The summed E-state index contributed by atoms with van der Waals surface area (Å²) < 4.78 is 54.5. The average molecular weight is 793 g/mol. The first kappa shape index (κ1) is 38.1. The largest absolute Gasteiger partial charge is 0.436 e. The van der Waals surface area contributed by atoms with E-state index in [1.54, 1.807) is 0 Å². The lowest BCUT2D eigenvalue weighted by Crippen LogP contribution is -2.61. The van der Waals surface area contributed by atoms with Gasteiger partial charge in [-0.25, -0.2) is 0 Å². The van der Waals surface area contributed by atoms with E-state index in [2.05, 4.69) is 26.2 Å². The van der Waals surface area contributed by atoms with Crippen LogP contribution in [0.4, 0.5) is 0 Å². The predicted octanol–water partition coefficient (Wildman–Crippen LogP) is 9.47. The summed E-state index contributed by atoms with van der Waals surface area (Å²) in [5, 5.41) is 0. The molecular formula is C40H72O8Si4. The lowest BCUT2D eigenvalue weighted by Gasteiger charge is -2.46. The molecule has 0 aromatic rings. The van der Waals surface area contributed by atoms with E-state index in [0.717, 1.165) is 54.8 Å². The van der Waals surface area contributed by atoms with Crippen LogP contribution in [-0.2, 0) is 35.7 Å². The van der Waals surface area contributed by atoms with Gasteiger partial charge in [-0.05, 0) is 183 Å². The third kappa shape index (κ3) is 9.80. The molecule has 8 nitrogen and oxygen atoms in total. The molecule has 4 aliphatic carbocycles. The number of rotatable bonds is 12. The molecule has 16 atom stereocenters. The molecule has 4 saturated carbocycles. The summed E-state index contributed by atoms with van der Waals surface area (Å²) in [6.07, 6.45) is 26.8. The lowest BCUT2D eigenvalue weighted by atomic mass is 9.88. The van der Waals surface area contributed by atoms with Gasteiger partial charge in [0.05, 0.1) is 48.8 Å². The van der Waals surface area contributed by atoms with Crippen molar-refractivity contribution >= 4 is 34.0 Å². The van der Waals surface area contributed by atoms with Gasteiger partial charge in [0, 0.05) is 6.61 Å². The van der Waals surface area contributed by atoms with Crippen molar-refractivity contribution < 1.29 is 35.7 Å². The van der Waals surface area contributed by atoms with E-state index in [1.165, 1.54) is 121 Å². The first-order valence-electron chi connectivity index (χ1n) is 22.4. The van der Waals surface area contributed by atoms with Crippen LogP contribution in [0.25, 0.3) is 0 Å². The van der Waals surface area contributed by atoms with Gasteiger partial charge in [0.2, 0.25) is 0 Å². The van der Waals surface area contributed by atoms with E-state index in [9.17, 15) is 0 Å². The number of epoxide rings is 4. The second-order valence-electron chi connectivity index (χ2n) is 20.2. The normalized spacial score (nSPS) is 52.8. The Hall–Kier alpha value is 0.548. The molecule has 0 amide bonds. The smallest absolute Gasteiger partial charge is 0.326 e. The van der Waals surface area contributed by atoms with Crippen molar-refractivity contribution in [3.8, 4) is 0 Å². The molecule has 5 aliphatic heterocycles. The summed E-state index contributed by atoms with van der Waals surface area (Å²) in [5.74, 6) is 2.99. The second kappa shape index (κ2) is 15.4. The summed E-state index contributed by atoms with van der Waals surface area (Å²) in [4.78, 5) is 0. The Balaban J connectivity index is 0.945. The van der Waals surface area contributed by atoms with Crippen LogP contribution in [0.1, 0.15) is 116 Å². The number of fused-ring (bicyclic) bond motifs is 4. The molecule has 0 aromatic heterocycles. The minimum Gasteiger partial charge on any atom is -0.436 e. The molecule has 16 unspecified atom stereocenters. The van der Waals surface area contributed by atoms with E-state index in [1.807, 2.05) is 0 Å². The van der Waals surface area contributed by atoms with Crippen LogP contribution in [0.3, 0.4) is 0 Å². The molecule has 5 saturated heterocycles. The fourth-order valence-corrected chi connectivity index (χ4v) is 33.3. The highest BCUT2D eigenvalue weighted by Crippen LogP contribution is 2.47. The summed E-state index contributed by atoms with van der Waals surface area (Å²) in [6, 6.07) is 5.70. The standard InChI is InChI=1S/C40H72O8Si4/c1-49(21-15-29-7-11-33-37(25-29)42-33)20-6-5-19-41-50(2,22-16-30-8-12-34-38(26-30)43-34)47-52(4,24-18-32-10-14-36-40(28-32)45-36)48-51(3,46-49)23-17-31-9-13-35-39(27-31)44-35/h29-40H,5-28H2,1-4H3. The molecule has 296 valence electrons. The molecule has 0 aromatic carbocycles. The second-order valence-corrected chi connectivity index (χ2v) is 35.1. The maximum absolute atomic E-state index is 7.90. The summed E-state index contributed by atoms with van der Waals surface area (Å²) in [6.45, 7) is 10.7. The van der Waals surface area contributed by atoms with Gasteiger partial charge in [-0.2, -0.15) is 0 Å². The molecule has 0 N–H and O–H groups in total. The molecule has 0 spiro atoms. The van der Waals surface area contributed by atoms with E-state index < -0.39 is 34.0 Å². The Morgan fingerprint density at radius 3 is 1.23 bits per heavy atom. The van der Waals surface area contributed by atoms with Gasteiger partial charge in [0.1, 0.15) is 0 Å². The quantitative estimate of drug-likeness (QED) is 0.143. The van der Waals surface area contributed by atoms with Gasteiger partial charge < -0.3 is 35.7 Å². The molecule has 12 heteroatoms. The van der Waals surface area contributed by atoms with Crippen LogP contribution in [0.15, 0.2) is 0 Å². The van der Waals surface area contributed by atoms with Gasteiger partial charge >= 0.3 is 25.7 Å². The fraction of sp³-hybridized carbons (Fsp3) is 1.00. The van der Waals surface area contributed by atoms with Crippen molar-refractivity contribution in [3.05, 3.63) is 0 Å². The Morgan fingerprint density at radius 2 is 0.788 bits per heavy atom. The van der Waals surface area contributed by atoms with E-state index in [4.69, 9.17) is 35.7 Å². The average Bonchev–Trinajstić information content (AvgIpc) is 3.93. The van der Waals surface area contributed by atoms with Crippen molar-refractivity contribution in [1.82, 2.24) is 0 Å². The zero-order valence-electron chi connectivity index (χ0n) is 33.2. The summed E-state index contributed by atoms with van der Waals surface area (Å²) in [7, 11) is -9.89. The summed E-state index contributed by atoms with van der Waals surface area (Å²) >= 11 is 0. The van der Waals surface area contributed by atoms with Gasteiger partial charge in [-0.15, -0.1) is 0 Å². The number of ether oxygens (including phenoxy) is 4. The molecule has 9 aliphatic rings. The Labute approximate surface area is 319 Å². The Kier molecular flexibility index (Phi) is 11.3. The maximum Gasteiger partial charge on any atom is 0.326 e. The first-order chi connectivity index (χ1) is 25.0. The minimum atomic E-state index is -2.69. The van der Waals surface area contributed by atoms with E-state index in [-0.39, 0.29) is 0 Å². The predicted molar refractivity (Wildman–Crippen MR) is 211 cm³/mol. The van der Waals surface area contributed by atoms with Crippen LogP contribution in [0.5, 0.6) is 0 Å². The molecule has 0 bridgehead atoms. The highest BCUT2D eigenvalue weighted by atomic mass is 28.5. The minimum absolute atomic E-state index is 0.515. The van der Waals surface area contributed by atoms with Crippen molar-refractivity contribution in [2.24, 2.45) is 23.7 Å².